The summed E-state index contributed by atoms with van der Waals surface area (Å²) in [5.41, 5.74) is 0.575. The van der Waals surface area contributed by atoms with E-state index in [-0.39, 0.29) is 21.5 Å². The molecule has 126 valence electrons. The molecule has 1 heterocycles. The first-order valence-corrected chi connectivity index (χ1v) is 9.09. The third-order valence-electron chi connectivity index (χ3n) is 3.36. The van der Waals surface area contributed by atoms with E-state index in [0.29, 0.717) is 16.5 Å². The van der Waals surface area contributed by atoms with Gasteiger partial charge in [-0.25, -0.2) is 8.42 Å². The zero-order valence-electron chi connectivity index (χ0n) is 12.3. The summed E-state index contributed by atoms with van der Waals surface area (Å²) >= 11 is 11.7. The van der Waals surface area contributed by atoms with E-state index < -0.39 is 16.1 Å². The zero-order valence-corrected chi connectivity index (χ0v) is 14.7. The predicted molar refractivity (Wildman–Crippen MR) is 92.4 cm³/mol. The molecule has 1 atom stereocenters. The summed E-state index contributed by atoms with van der Waals surface area (Å²) in [5, 5.41) is 3.16. The summed E-state index contributed by atoms with van der Waals surface area (Å²) in [6, 6.07) is 8.61. The molecule has 2 N–H and O–H groups in total. The van der Waals surface area contributed by atoms with Crippen molar-refractivity contribution in [3.05, 3.63) is 46.4 Å². The Morgan fingerprint density at radius 2 is 1.88 bits per heavy atom. The molecule has 0 aromatic heterocycles. The van der Waals surface area contributed by atoms with Gasteiger partial charge in [0.1, 0.15) is 5.75 Å². The number of anilines is 2. The second-order valence-corrected chi connectivity index (χ2v) is 7.64. The Bertz CT molecular complexity index is 931. The molecule has 0 spiro atoms. The van der Waals surface area contributed by atoms with E-state index in [4.69, 9.17) is 27.9 Å². The van der Waals surface area contributed by atoms with Crippen molar-refractivity contribution in [2.24, 2.45) is 0 Å². The number of hydrogen-bond donors (Lipinski definition) is 2. The number of carbonyl (C=O) groups is 1. The molecule has 2 aromatic carbocycles. The number of rotatable bonds is 3. The van der Waals surface area contributed by atoms with Crippen LogP contribution in [0.15, 0.2) is 41.3 Å². The molecule has 3 rings (SSSR count). The largest absolute Gasteiger partial charge is 0.479 e. The molecule has 9 heteroatoms. The Labute approximate surface area is 148 Å². The van der Waals surface area contributed by atoms with Gasteiger partial charge in [0.25, 0.3) is 15.9 Å². The molecule has 0 radical (unpaired) electrons. The van der Waals surface area contributed by atoms with Crippen molar-refractivity contribution in [3.8, 4) is 5.75 Å². The standard InChI is InChI=1S/C15H12Cl2N2O4S/c1-8-15(20)18-13-7-10(3-5-14(13)23-8)24(21,22)19-9-2-4-11(16)12(17)6-9/h2-8,19H,1H3,(H,18,20). The first-order valence-electron chi connectivity index (χ1n) is 6.86. The van der Waals surface area contributed by atoms with E-state index in [9.17, 15) is 13.2 Å². The highest BCUT2D eigenvalue weighted by atomic mass is 35.5. The van der Waals surface area contributed by atoms with Crippen LogP contribution in [0.4, 0.5) is 11.4 Å². The van der Waals surface area contributed by atoms with Crippen molar-refractivity contribution in [1.29, 1.82) is 0 Å². The van der Waals surface area contributed by atoms with Crippen molar-refractivity contribution >= 4 is 50.5 Å². The Kier molecular flexibility index (Phi) is 4.33. The van der Waals surface area contributed by atoms with Crippen LogP contribution in [0.5, 0.6) is 5.75 Å². The average molecular weight is 387 g/mol. The minimum Gasteiger partial charge on any atom is -0.479 e. The SMILES string of the molecule is CC1Oc2ccc(S(=O)(=O)Nc3ccc(Cl)c(Cl)c3)cc2NC1=O. The molecule has 0 saturated carbocycles. The molecular formula is C15H12Cl2N2O4S. The second kappa shape index (κ2) is 6.16. The van der Waals surface area contributed by atoms with Crippen LogP contribution < -0.4 is 14.8 Å². The molecule has 0 aliphatic carbocycles. The van der Waals surface area contributed by atoms with Crippen LogP contribution in [0.2, 0.25) is 10.0 Å². The third-order valence-corrected chi connectivity index (χ3v) is 5.48. The van der Waals surface area contributed by atoms with Gasteiger partial charge in [-0.3, -0.25) is 9.52 Å². The molecule has 0 fully saturated rings. The lowest BCUT2D eigenvalue weighted by Gasteiger charge is -2.23. The monoisotopic (exact) mass is 386 g/mol. The van der Waals surface area contributed by atoms with E-state index >= 15 is 0 Å². The number of sulfonamides is 1. The topological polar surface area (TPSA) is 84.5 Å². The molecule has 0 saturated heterocycles. The fourth-order valence-electron chi connectivity index (χ4n) is 2.13. The summed E-state index contributed by atoms with van der Waals surface area (Å²) in [5.74, 6) is 0.0741. The van der Waals surface area contributed by atoms with Gasteiger partial charge in [0.05, 0.1) is 26.3 Å². The van der Waals surface area contributed by atoms with Gasteiger partial charge in [-0.15, -0.1) is 0 Å². The van der Waals surface area contributed by atoms with Crippen LogP contribution in [0, 0.1) is 0 Å². The molecule has 1 unspecified atom stereocenters. The third kappa shape index (κ3) is 3.28. The Morgan fingerprint density at radius 3 is 2.58 bits per heavy atom. The van der Waals surface area contributed by atoms with Gasteiger partial charge in [-0.05, 0) is 43.3 Å². The predicted octanol–water partition coefficient (Wildman–Crippen LogP) is 3.51. The highest BCUT2D eigenvalue weighted by Crippen LogP contribution is 2.33. The van der Waals surface area contributed by atoms with Gasteiger partial charge in [0, 0.05) is 0 Å². The van der Waals surface area contributed by atoms with Crippen LogP contribution in [0.3, 0.4) is 0 Å². The lowest BCUT2D eigenvalue weighted by atomic mass is 10.2. The highest BCUT2D eigenvalue weighted by molar-refractivity contribution is 7.92. The van der Waals surface area contributed by atoms with E-state index in [1.807, 2.05) is 0 Å². The molecule has 6 nitrogen and oxygen atoms in total. The van der Waals surface area contributed by atoms with Crippen LogP contribution in [-0.4, -0.2) is 20.4 Å². The summed E-state index contributed by atoms with van der Waals surface area (Å²) < 4.78 is 32.8. The van der Waals surface area contributed by atoms with E-state index in [1.54, 1.807) is 6.92 Å². The van der Waals surface area contributed by atoms with Gasteiger partial charge in [0.2, 0.25) is 0 Å². The van der Waals surface area contributed by atoms with Gasteiger partial charge < -0.3 is 10.1 Å². The van der Waals surface area contributed by atoms with Crippen LogP contribution >= 0.6 is 23.2 Å². The van der Waals surface area contributed by atoms with Gasteiger partial charge in [0.15, 0.2) is 6.10 Å². The fraction of sp³-hybridized carbons (Fsp3) is 0.133. The number of carbonyl (C=O) groups excluding carboxylic acids is 1. The second-order valence-electron chi connectivity index (χ2n) is 5.14. The molecule has 2 aromatic rings. The zero-order chi connectivity index (χ0) is 17.5. The molecule has 0 bridgehead atoms. The minimum absolute atomic E-state index is 0.0224. The number of fused-ring (bicyclic) bond motifs is 1. The molecular weight excluding hydrogens is 375 g/mol. The fourth-order valence-corrected chi connectivity index (χ4v) is 3.50. The van der Waals surface area contributed by atoms with Gasteiger partial charge in [-0.1, -0.05) is 23.2 Å². The number of ether oxygens (including phenoxy) is 1. The van der Waals surface area contributed by atoms with Gasteiger partial charge >= 0.3 is 0 Å². The lowest BCUT2D eigenvalue weighted by molar-refractivity contribution is -0.122. The molecule has 1 amide bonds. The number of amides is 1. The Hall–Kier alpha value is -1.96. The first kappa shape index (κ1) is 16.9. The highest BCUT2D eigenvalue weighted by Gasteiger charge is 2.25. The summed E-state index contributed by atoms with van der Waals surface area (Å²) in [6.07, 6.45) is -0.630. The van der Waals surface area contributed by atoms with Crippen LogP contribution in [0.25, 0.3) is 0 Å². The number of nitrogens with one attached hydrogen (secondary N) is 2. The van der Waals surface area contributed by atoms with Crippen LogP contribution in [-0.2, 0) is 14.8 Å². The maximum atomic E-state index is 12.5. The number of benzene rings is 2. The summed E-state index contributed by atoms with van der Waals surface area (Å²) in [7, 11) is -3.87. The van der Waals surface area contributed by atoms with E-state index in [0.717, 1.165) is 0 Å². The summed E-state index contributed by atoms with van der Waals surface area (Å²) in [4.78, 5) is 11.6. The van der Waals surface area contributed by atoms with Crippen molar-refractivity contribution < 1.29 is 17.9 Å². The average Bonchev–Trinajstić information content (AvgIpc) is 2.51. The van der Waals surface area contributed by atoms with Crippen LogP contribution in [0.1, 0.15) is 6.92 Å². The molecule has 1 aliphatic heterocycles. The van der Waals surface area contributed by atoms with Gasteiger partial charge in [-0.2, -0.15) is 0 Å². The molecule has 1 aliphatic rings. The maximum absolute atomic E-state index is 12.5. The minimum atomic E-state index is -3.87. The van der Waals surface area contributed by atoms with Crippen molar-refractivity contribution in [1.82, 2.24) is 0 Å². The van der Waals surface area contributed by atoms with E-state index in [2.05, 4.69) is 10.0 Å². The summed E-state index contributed by atoms with van der Waals surface area (Å²) in [6.45, 7) is 1.61. The number of hydrogen-bond acceptors (Lipinski definition) is 4. The van der Waals surface area contributed by atoms with Crippen molar-refractivity contribution in [2.45, 2.75) is 17.9 Å². The first-order chi connectivity index (χ1) is 11.3. The quantitative estimate of drug-likeness (QED) is 0.844. The van der Waals surface area contributed by atoms with E-state index in [1.165, 1.54) is 36.4 Å². The van der Waals surface area contributed by atoms with Crippen molar-refractivity contribution in [3.63, 3.8) is 0 Å². The molecule has 24 heavy (non-hydrogen) atoms. The maximum Gasteiger partial charge on any atom is 0.265 e. The normalized spacial score (nSPS) is 16.8. The lowest BCUT2D eigenvalue weighted by Crippen LogP contribution is -2.34. The number of halogens is 2. The Morgan fingerprint density at radius 1 is 1.12 bits per heavy atom. The van der Waals surface area contributed by atoms with Crippen molar-refractivity contribution in [2.75, 3.05) is 10.0 Å². The Balaban J connectivity index is 1.91. The smallest absolute Gasteiger partial charge is 0.265 e.